The van der Waals surface area contributed by atoms with Gasteiger partial charge in [-0.2, -0.15) is 0 Å². The Morgan fingerprint density at radius 3 is 2.91 bits per heavy atom. The topological polar surface area (TPSA) is 81.8 Å². The van der Waals surface area contributed by atoms with Gasteiger partial charge in [0.05, 0.1) is 19.8 Å². The van der Waals surface area contributed by atoms with Crippen molar-refractivity contribution < 1.29 is 9.47 Å². The zero-order chi connectivity index (χ0) is 15.2. The molecule has 3 N–H and O–H groups in total. The van der Waals surface area contributed by atoms with E-state index in [0.717, 1.165) is 29.2 Å². The van der Waals surface area contributed by atoms with Gasteiger partial charge < -0.3 is 20.5 Å². The fourth-order valence-electron chi connectivity index (χ4n) is 2.10. The Morgan fingerprint density at radius 2 is 2.09 bits per heavy atom. The number of pyridine rings is 1. The van der Waals surface area contributed by atoms with E-state index in [1.807, 2.05) is 30.3 Å². The number of ether oxygens (including phenoxy) is 2. The maximum Gasteiger partial charge on any atom is 0.193 e. The van der Waals surface area contributed by atoms with Crippen molar-refractivity contribution >= 4 is 11.6 Å². The summed E-state index contributed by atoms with van der Waals surface area (Å²) < 4.78 is 11.2. The zero-order valence-corrected chi connectivity index (χ0v) is 12.2. The fourth-order valence-corrected chi connectivity index (χ4v) is 2.10. The molecule has 6 heteroatoms. The van der Waals surface area contributed by atoms with Crippen LogP contribution < -0.4 is 20.5 Å². The van der Waals surface area contributed by atoms with Crippen LogP contribution in [0.3, 0.4) is 0 Å². The van der Waals surface area contributed by atoms with Crippen LogP contribution in [0, 0.1) is 0 Å². The van der Waals surface area contributed by atoms with Crippen LogP contribution >= 0.6 is 0 Å². The van der Waals surface area contributed by atoms with Gasteiger partial charge in [-0.3, -0.25) is 4.98 Å². The van der Waals surface area contributed by atoms with Crippen LogP contribution in [0.2, 0.25) is 0 Å². The van der Waals surface area contributed by atoms with Crippen molar-refractivity contribution in [2.75, 3.05) is 18.5 Å². The van der Waals surface area contributed by atoms with Crippen LogP contribution in [0.15, 0.2) is 47.7 Å². The zero-order valence-electron chi connectivity index (χ0n) is 12.2. The SMILES string of the molecule is NC(=NCc1cccnc1)Nc1ccc2c(c1)OCCCO2. The minimum Gasteiger partial charge on any atom is -0.490 e. The van der Waals surface area contributed by atoms with Gasteiger partial charge >= 0.3 is 0 Å². The smallest absolute Gasteiger partial charge is 0.193 e. The van der Waals surface area contributed by atoms with Crippen LogP contribution in [0.1, 0.15) is 12.0 Å². The first kappa shape index (κ1) is 14.2. The highest BCUT2D eigenvalue weighted by Crippen LogP contribution is 2.32. The molecule has 0 aliphatic carbocycles. The molecule has 0 saturated carbocycles. The predicted molar refractivity (Wildman–Crippen MR) is 85.2 cm³/mol. The van der Waals surface area contributed by atoms with Crippen molar-refractivity contribution in [3.8, 4) is 11.5 Å². The highest BCUT2D eigenvalue weighted by atomic mass is 16.5. The molecule has 0 saturated heterocycles. The summed E-state index contributed by atoms with van der Waals surface area (Å²) in [6.07, 6.45) is 4.38. The second-order valence-electron chi connectivity index (χ2n) is 4.90. The number of nitrogens with two attached hydrogens (primary N) is 1. The van der Waals surface area contributed by atoms with Crippen molar-refractivity contribution in [3.05, 3.63) is 48.3 Å². The number of nitrogens with zero attached hydrogens (tertiary/aromatic N) is 2. The molecule has 1 aromatic heterocycles. The summed E-state index contributed by atoms with van der Waals surface area (Å²) in [4.78, 5) is 8.33. The average molecular weight is 298 g/mol. The molecule has 1 aromatic carbocycles. The molecule has 0 fully saturated rings. The highest BCUT2D eigenvalue weighted by Gasteiger charge is 2.10. The van der Waals surface area contributed by atoms with Gasteiger partial charge in [0.2, 0.25) is 0 Å². The quantitative estimate of drug-likeness (QED) is 0.670. The molecule has 0 atom stereocenters. The molecule has 0 amide bonds. The maximum atomic E-state index is 5.91. The van der Waals surface area contributed by atoms with Crippen molar-refractivity contribution in [2.24, 2.45) is 10.7 Å². The van der Waals surface area contributed by atoms with E-state index in [1.54, 1.807) is 12.4 Å². The van der Waals surface area contributed by atoms with Crippen LogP contribution in [-0.2, 0) is 6.54 Å². The van der Waals surface area contributed by atoms with Gasteiger partial charge in [-0.05, 0) is 23.8 Å². The molecule has 6 nitrogen and oxygen atoms in total. The molecule has 0 unspecified atom stereocenters. The largest absolute Gasteiger partial charge is 0.490 e. The van der Waals surface area contributed by atoms with E-state index >= 15 is 0 Å². The minimum atomic E-state index is 0.346. The maximum absolute atomic E-state index is 5.91. The molecule has 0 radical (unpaired) electrons. The molecular weight excluding hydrogens is 280 g/mol. The highest BCUT2D eigenvalue weighted by molar-refractivity contribution is 5.92. The summed E-state index contributed by atoms with van der Waals surface area (Å²) >= 11 is 0. The fraction of sp³-hybridized carbons (Fsp3) is 0.250. The molecule has 114 valence electrons. The van der Waals surface area contributed by atoms with Gasteiger partial charge in [0.25, 0.3) is 0 Å². The summed E-state index contributed by atoms with van der Waals surface area (Å²) in [5.41, 5.74) is 7.73. The lowest BCUT2D eigenvalue weighted by atomic mass is 10.2. The summed E-state index contributed by atoms with van der Waals surface area (Å²) in [6.45, 7) is 1.81. The van der Waals surface area contributed by atoms with E-state index in [0.29, 0.717) is 25.7 Å². The standard InChI is InChI=1S/C16H18N4O2/c17-16(19-11-12-3-1-6-18-10-12)20-13-4-5-14-15(9-13)22-8-2-7-21-14/h1,3-6,9-10H,2,7-8,11H2,(H3,17,19,20). The lowest BCUT2D eigenvalue weighted by molar-refractivity contribution is 0.297. The number of rotatable bonds is 3. The third-order valence-electron chi connectivity index (χ3n) is 3.17. The number of nitrogens with one attached hydrogen (secondary N) is 1. The second kappa shape index (κ2) is 6.80. The molecule has 3 rings (SSSR count). The van der Waals surface area contributed by atoms with Crippen LogP contribution in [0.4, 0.5) is 5.69 Å². The van der Waals surface area contributed by atoms with Crippen LogP contribution in [0.25, 0.3) is 0 Å². The average Bonchev–Trinajstić information content (AvgIpc) is 2.79. The van der Waals surface area contributed by atoms with Crippen molar-refractivity contribution in [1.82, 2.24) is 4.98 Å². The van der Waals surface area contributed by atoms with E-state index in [2.05, 4.69) is 15.3 Å². The predicted octanol–water partition coefficient (Wildman–Crippen LogP) is 2.17. The Labute approximate surface area is 129 Å². The van der Waals surface area contributed by atoms with Gasteiger partial charge in [-0.15, -0.1) is 0 Å². The van der Waals surface area contributed by atoms with Gasteiger partial charge in [-0.25, -0.2) is 4.99 Å². The third-order valence-corrected chi connectivity index (χ3v) is 3.17. The van der Waals surface area contributed by atoms with Crippen LogP contribution in [-0.4, -0.2) is 24.2 Å². The summed E-state index contributed by atoms with van der Waals surface area (Å²) in [7, 11) is 0. The number of aliphatic imine (C=N–C) groups is 1. The molecule has 0 spiro atoms. The lowest BCUT2D eigenvalue weighted by Crippen LogP contribution is -2.22. The van der Waals surface area contributed by atoms with E-state index in [4.69, 9.17) is 15.2 Å². The number of fused-ring (bicyclic) bond motifs is 1. The van der Waals surface area contributed by atoms with E-state index in [9.17, 15) is 0 Å². The number of hydrogen-bond acceptors (Lipinski definition) is 4. The van der Waals surface area contributed by atoms with Gasteiger partial charge in [0, 0.05) is 30.6 Å². The van der Waals surface area contributed by atoms with Crippen LogP contribution in [0.5, 0.6) is 11.5 Å². The number of anilines is 1. The first-order valence-corrected chi connectivity index (χ1v) is 7.17. The molecule has 1 aliphatic heterocycles. The normalized spacial score (nSPS) is 14.3. The molecule has 2 heterocycles. The first-order chi connectivity index (χ1) is 10.8. The Balaban J connectivity index is 1.66. The number of hydrogen-bond donors (Lipinski definition) is 2. The summed E-state index contributed by atoms with van der Waals surface area (Å²) in [5, 5.41) is 3.05. The summed E-state index contributed by atoms with van der Waals surface area (Å²) in [5.74, 6) is 1.83. The second-order valence-corrected chi connectivity index (χ2v) is 4.90. The Hall–Kier alpha value is -2.76. The summed E-state index contributed by atoms with van der Waals surface area (Å²) in [6, 6.07) is 9.46. The van der Waals surface area contributed by atoms with Gasteiger partial charge in [0.15, 0.2) is 17.5 Å². The number of guanidine groups is 1. The third kappa shape index (κ3) is 3.66. The number of aromatic nitrogens is 1. The van der Waals surface area contributed by atoms with Crippen molar-refractivity contribution in [1.29, 1.82) is 0 Å². The monoisotopic (exact) mass is 298 g/mol. The van der Waals surface area contributed by atoms with Gasteiger partial charge in [0.1, 0.15) is 0 Å². The Kier molecular flexibility index (Phi) is 4.38. The van der Waals surface area contributed by atoms with Crippen molar-refractivity contribution in [3.63, 3.8) is 0 Å². The van der Waals surface area contributed by atoms with Gasteiger partial charge in [-0.1, -0.05) is 6.07 Å². The van der Waals surface area contributed by atoms with Crippen molar-refractivity contribution in [2.45, 2.75) is 13.0 Å². The Bertz CT molecular complexity index is 658. The first-order valence-electron chi connectivity index (χ1n) is 7.17. The molecular formula is C16H18N4O2. The Morgan fingerprint density at radius 1 is 1.23 bits per heavy atom. The lowest BCUT2D eigenvalue weighted by Gasteiger charge is -2.10. The molecule has 0 bridgehead atoms. The van der Waals surface area contributed by atoms with E-state index < -0.39 is 0 Å². The number of benzene rings is 1. The van der Waals surface area contributed by atoms with E-state index in [-0.39, 0.29) is 0 Å². The molecule has 1 aliphatic rings. The minimum absolute atomic E-state index is 0.346. The molecule has 2 aromatic rings. The van der Waals surface area contributed by atoms with E-state index in [1.165, 1.54) is 0 Å². The molecule has 22 heavy (non-hydrogen) atoms.